The average molecular weight is 353 g/mol. The Bertz CT molecular complexity index is 427. The highest BCUT2D eigenvalue weighted by molar-refractivity contribution is 5.80. The molecule has 6 heteroatoms. The summed E-state index contributed by atoms with van der Waals surface area (Å²) in [6.07, 6.45) is 9.74. The average Bonchev–Trinajstić information content (AvgIpc) is 2.68. The molecular weight excluding hydrogens is 316 g/mol. The van der Waals surface area contributed by atoms with E-state index in [1.165, 1.54) is 39.2 Å². The minimum Gasteiger partial charge on any atom is -0.469 e. The van der Waals surface area contributed by atoms with Crippen LogP contribution in [0.5, 0.6) is 0 Å². The zero-order chi connectivity index (χ0) is 18.1. The number of nitrogens with one attached hydrogen (secondary N) is 1. The smallest absolute Gasteiger partial charge is 0.308 e. The molecule has 0 aromatic carbocycles. The first-order valence-electron chi connectivity index (χ1n) is 9.89. The second-order valence-corrected chi connectivity index (χ2v) is 7.38. The lowest BCUT2D eigenvalue weighted by Gasteiger charge is -2.33. The number of rotatable bonds is 6. The van der Waals surface area contributed by atoms with Crippen molar-refractivity contribution in [1.29, 1.82) is 0 Å². The van der Waals surface area contributed by atoms with Crippen molar-refractivity contribution in [3.8, 4) is 0 Å². The Morgan fingerprint density at radius 2 is 1.88 bits per heavy atom. The highest BCUT2D eigenvalue weighted by Gasteiger charge is 2.26. The molecule has 1 heterocycles. The molecule has 0 aromatic rings. The molecule has 2 aliphatic rings. The van der Waals surface area contributed by atoms with Gasteiger partial charge in [-0.05, 0) is 45.7 Å². The molecule has 0 amide bonds. The van der Waals surface area contributed by atoms with Crippen LogP contribution in [-0.2, 0) is 9.53 Å². The van der Waals surface area contributed by atoms with E-state index in [0.717, 1.165) is 57.4 Å². The van der Waals surface area contributed by atoms with Gasteiger partial charge in [-0.25, -0.2) is 0 Å². The van der Waals surface area contributed by atoms with Crippen LogP contribution < -0.4 is 5.32 Å². The normalized spacial score (nSPS) is 20.8. The van der Waals surface area contributed by atoms with Gasteiger partial charge < -0.3 is 19.9 Å². The van der Waals surface area contributed by atoms with Crippen LogP contribution in [0.15, 0.2) is 4.99 Å². The Morgan fingerprint density at radius 1 is 1.20 bits per heavy atom. The molecule has 2 fully saturated rings. The van der Waals surface area contributed by atoms with Crippen molar-refractivity contribution in [3.63, 3.8) is 0 Å². The summed E-state index contributed by atoms with van der Waals surface area (Å²) < 4.78 is 4.86. The number of ether oxygens (including phenoxy) is 1. The lowest BCUT2D eigenvalue weighted by Crippen LogP contribution is -2.47. The lowest BCUT2D eigenvalue weighted by atomic mass is 9.94. The zero-order valence-electron chi connectivity index (χ0n) is 16.3. The van der Waals surface area contributed by atoms with Crippen molar-refractivity contribution in [2.45, 2.75) is 57.4 Å². The molecule has 1 saturated heterocycles. The molecular formula is C19H36N4O2. The third kappa shape index (κ3) is 6.17. The van der Waals surface area contributed by atoms with Gasteiger partial charge in [-0.2, -0.15) is 0 Å². The summed E-state index contributed by atoms with van der Waals surface area (Å²) in [5.41, 5.74) is 0. The molecule has 6 nitrogen and oxygen atoms in total. The number of piperidine rings is 1. The summed E-state index contributed by atoms with van der Waals surface area (Å²) in [6.45, 7) is 3.81. The van der Waals surface area contributed by atoms with Crippen molar-refractivity contribution >= 4 is 11.9 Å². The van der Waals surface area contributed by atoms with E-state index in [0.29, 0.717) is 0 Å². The number of esters is 1. The van der Waals surface area contributed by atoms with Gasteiger partial charge in [0.25, 0.3) is 0 Å². The van der Waals surface area contributed by atoms with Crippen LogP contribution in [0.2, 0.25) is 0 Å². The van der Waals surface area contributed by atoms with Crippen LogP contribution in [0, 0.1) is 5.92 Å². The number of carbonyl (C=O) groups is 1. The molecule has 1 aliphatic carbocycles. The van der Waals surface area contributed by atoms with Crippen LogP contribution in [0.3, 0.4) is 0 Å². The summed E-state index contributed by atoms with van der Waals surface area (Å²) in [7, 11) is 5.57. The second kappa shape index (κ2) is 10.6. The minimum absolute atomic E-state index is 0.0449. The third-order valence-electron chi connectivity index (χ3n) is 5.71. The molecule has 1 aliphatic heterocycles. The molecule has 0 aromatic heterocycles. The van der Waals surface area contributed by atoms with Gasteiger partial charge in [0.1, 0.15) is 0 Å². The highest BCUT2D eigenvalue weighted by atomic mass is 16.5. The van der Waals surface area contributed by atoms with Gasteiger partial charge >= 0.3 is 5.97 Å². The Hall–Kier alpha value is -1.30. The number of nitrogens with zero attached hydrogens (tertiary/aromatic N) is 3. The topological polar surface area (TPSA) is 57.2 Å². The van der Waals surface area contributed by atoms with Crippen LogP contribution in [0.1, 0.15) is 51.4 Å². The molecule has 25 heavy (non-hydrogen) atoms. The lowest BCUT2D eigenvalue weighted by molar-refractivity contribution is -0.146. The molecule has 0 atom stereocenters. The Balaban J connectivity index is 1.64. The summed E-state index contributed by atoms with van der Waals surface area (Å²) in [5, 5.41) is 3.49. The zero-order valence-corrected chi connectivity index (χ0v) is 16.3. The molecule has 0 unspecified atom stereocenters. The van der Waals surface area contributed by atoms with Crippen molar-refractivity contribution in [1.82, 2.24) is 15.1 Å². The van der Waals surface area contributed by atoms with Gasteiger partial charge in [0.05, 0.1) is 13.0 Å². The fraction of sp³-hybridized carbons (Fsp3) is 0.895. The van der Waals surface area contributed by atoms with Gasteiger partial charge in [-0.1, -0.05) is 19.3 Å². The van der Waals surface area contributed by atoms with Gasteiger partial charge in [0, 0.05) is 32.7 Å². The van der Waals surface area contributed by atoms with E-state index in [2.05, 4.69) is 27.2 Å². The fourth-order valence-corrected chi connectivity index (χ4v) is 4.06. The van der Waals surface area contributed by atoms with E-state index >= 15 is 0 Å². The van der Waals surface area contributed by atoms with E-state index in [1.807, 2.05) is 7.05 Å². The summed E-state index contributed by atoms with van der Waals surface area (Å²) in [6, 6.07) is 0.783. The maximum absolute atomic E-state index is 11.6. The number of carbonyl (C=O) groups excluding carboxylic acids is 1. The summed E-state index contributed by atoms with van der Waals surface area (Å²) in [5.74, 6) is 0.931. The SMILES string of the molecule is CN=C(NCCCN(C)C1CCCCC1)N1CCC(C(=O)OC)CC1. The fourth-order valence-electron chi connectivity index (χ4n) is 4.06. The molecule has 0 spiro atoms. The van der Waals surface area contributed by atoms with E-state index < -0.39 is 0 Å². The number of likely N-dealkylation sites (tertiary alicyclic amines) is 1. The van der Waals surface area contributed by atoms with Crippen molar-refractivity contribution in [3.05, 3.63) is 0 Å². The predicted octanol–water partition coefficient (Wildman–Crippen LogP) is 2.10. The summed E-state index contributed by atoms with van der Waals surface area (Å²) in [4.78, 5) is 20.8. The van der Waals surface area contributed by atoms with Crippen LogP contribution >= 0.6 is 0 Å². The molecule has 0 radical (unpaired) electrons. The maximum Gasteiger partial charge on any atom is 0.308 e. The number of guanidine groups is 1. The van der Waals surface area contributed by atoms with Crippen molar-refractivity contribution in [2.75, 3.05) is 47.4 Å². The predicted molar refractivity (Wildman–Crippen MR) is 102 cm³/mol. The Labute approximate surface area is 153 Å². The van der Waals surface area contributed by atoms with Gasteiger partial charge in [0.2, 0.25) is 0 Å². The number of hydrogen-bond acceptors (Lipinski definition) is 4. The van der Waals surface area contributed by atoms with Gasteiger partial charge in [-0.15, -0.1) is 0 Å². The summed E-state index contributed by atoms with van der Waals surface area (Å²) >= 11 is 0. The first-order chi connectivity index (χ1) is 12.2. The molecule has 144 valence electrons. The standard InChI is InChI=1S/C19H36N4O2/c1-20-19(23-14-10-16(11-15-23)18(24)25-3)21-12-7-13-22(2)17-8-5-4-6-9-17/h16-17H,4-15H2,1-3H3,(H,20,21). The first-order valence-corrected chi connectivity index (χ1v) is 9.89. The van der Waals surface area contributed by atoms with E-state index in [1.54, 1.807) is 0 Å². The van der Waals surface area contributed by atoms with E-state index in [-0.39, 0.29) is 11.9 Å². The number of aliphatic imine (C=N–C) groups is 1. The molecule has 2 rings (SSSR count). The van der Waals surface area contributed by atoms with E-state index in [4.69, 9.17) is 4.74 Å². The highest BCUT2D eigenvalue weighted by Crippen LogP contribution is 2.21. The third-order valence-corrected chi connectivity index (χ3v) is 5.71. The van der Waals surface area contributed by atoms with E-state index in [9.17, 15) is 4.79 Å². The Morgan fingerprint density at radius 3 is 2.48 bits per heavy atom. The van der Waals surface area contributed by atoms with Crippen LogP contribution in [0.25, 0.3) is 0 Å². The van der Waals surface area contributed by atoms with Crippen molar-refractivity contribution < 1.29 is 9.53 Å². The monoisotopic (exact) mass is 352 g/mol. The largest absolute Gasteiger partial charge is 0.469 e. The second-order valence-electron chi connectivity index (χ2n) is 7.38. The molecule has 1 saturated carbocycles. The van der Waals surface area contributed by atoms with Gasteiger partial charge in [-0.3, -0.25) is 9.79 Å². The quantitative estimate of drug-likeness (QED) is 0.343. The minimum atomic E-state index is -0.0756. The first kappa shape index (κ1) is 20.0. The maximum atomic E-state index is 11.6. The van der Waals surface area contributed by atoms with Crippen LogP contribution in [0.4, 0.5) is 0 Å². The molecule has 1 N–H and O–H groups in total. The number of hydrogen-bond donors (Lipinski definition) is 1. The molecule has 0 bridgehead atoms. The Kier molecular flexibility index (Phi) is 8.52. The van der Waals surface area contributed by atoms with Crippen LogP contribution in [-0.4, -0.2) is 75.2 Å². The van der Waals surface area contributed by atoms with Crippen molar-refractivity contribution in [2.24, 2.45) is 10.9 Å². The van der Waals surface area contributed by atoms with Gasteiger partial charge in [0.15, 0.2) is 5.96 Å². The number of methoxy groups -OCH3 is 1.